The third kappa shape index (κ3) is 1.49. The Hall–Kier alpha value is -1.40. The lowest BCUT2D eigenvalue weighted by molar-refractivity contribution is -0.159. The average molecular weight is 206 g/mol. The van der Waals surface area contributed by atoms with Gasteiger partial charge in [0.25, 0.3) is 0 Å². The molecule has 1 heterocycles. The summed E-state index contributed by atoms with van der Waals surface area (Å²) in [5.41, 5.74) is 0. The van der Waals surface area contributed by atoms with Crippen LogP contribution >= 0.6 is 0 Å². The number of Topliss-reactive ketones (excluding diaryl/α,β-unsaturated/α-hetero) is 1. The fraction of sp³-hybridized carbons (Fsp3) is 0.571. The molecular weight excluding hydrogens is 201 g/mol. The lowest BCUT2D eigenvalue weighted by atomic mass is 9.83. The van der Waals surface area contributed by atoms with E-state index in [1.807, 2.05) is 0 Å². The van der Waals surface area contributed by atoms with Crippen molar-refractivity contribution in [3.8, 4) is 0 Å². The van der Waals surface area contributed by atoms with E-state index in [1.165, 1.54) is 0 Å². The summed E-state index contributed by atoms with van der Waals surface area (Å²) in [6.07, 6.45) is -4.20. The van der Waals surface area contributed by atoms with Gasteiger partial charge in [-0.1, -0.05) is 5.16 Å². The predicted molar refractivity (Wildman–Crippen MR) is 36.3 cm³/mol. The van der Waals surface area contributed by atoms with E-state index in [2.05, 4.69) is 14.7 Å². The summed E-state index contributed by atoms with van der Waals surface area (Å²) in [6.45, 7) is 0. The summed E-state index contributed by atoms with van der Waals surface area (Å²) < 4.78 is 40.0. The van der Waals surface area contributed by atoms with Crippen molar-refractivity contribution in [2.24, 2.45) is 0 Å². The molecule has 0 unspecified atom stereocenters. The molecule has 0 atom stereocenters. The standard InChI is InChI=1S/C7H5F3N2O2/c8-7(9,10)6-11-5(12-14-6)3-1-4(13)2-3/h3H,1-2H2. The predicted octanol–water partition coefficient (Wildman–Crippen LogP) is 1.53. The molecule has 0 aromatic carbocycles. The lowest BCUT2D eigenvalue weighted by Crippen LogP contribution is -2.22. The minimum atomic E-state index is -4.61. The Balaban J connectivity index is 2.14. The van der Waals surface area contributed by atoms with Crippen LogP contribution in [0.5, 0.6) is 0 Å². The van der Waals surface area contributed by atoms with Crippen molar-refractivity contribution in [2.45, 2.75) is 24.9 Å². The molecule has 14 heavy (non-hydrogen) atoms. The first kappa shape index (κ1) is 9.17. The smallest absolute Gasteiger partial charge is 0.329 e. The fourth-order valence-electron chi connectivity index (χ4n) is 1.19. The highest BCUT2D eigenvalue weighted by atomic mass is 19.4. The molecule has 0 bridgehead atoms. The second-order valence-corrected chi connectivity index (χ2v) is 3.10. The number of nitrogens with zero attached hydrogens (tertiary/aromatic N) is 2. The van der Waals surface area contributed by atoms with Gasteiger partial charge in [0.1, 0.15) is 5.78 Å². The molecule has 0 N–H and O–H groups in total. The Labute approximate surface area is 76.1 Å². The fourth-order valence-corrected chi connectivity index (χ4v) is 1.19. The molecular formula is C7H5F3N2O2. The molecule has 1 aromatic heterocycles. The molecule has 1 fully saturated rings. The van der Waals surface area contributed by atoms with Crippen molar-refractivity contribution in [2.75, 3.05) is 0 Å². The van der Waals surface area contributed by atoms with Gasteiger partial charge in [-0.2, -0.15) is 18.2 Å². The zero-order valence-corrected chi connectivity index (χ0v) is 6.84. The van der Waals surface area contributed by atoms with E-state index < -0.39 is 12.1 Å². The highest BCUT2D eigenvalue weighted by Crippen LogP contribution is 2.34. The Morgan fingerprint density at radius 3 is 2.43 bits per heavy atom. The number of hydrogen-bond donors (Lipinski definition) is 0. The summed E-state index contributed by atoms with van der Waals surface area (Å²) in [5, 5.41) is 3.18. The van der Waals surface area contributed by atoms with Gasteiger partial charge in [0.15, 0.2) is 5.82 Å². The maximum absolute atomic E-state index is 12.0. The van der Waals surface area contributed by atoms with Crippen molar-refractivity contribution in [3.63, 3.8) is 0 Å². The van der Waals surface area contributed by atoms with Gasteiger partial charge in [-0.15, -0.1) is 0 Å². The number of aromatic nitrogens is 2. The first-order valence-corrected chi connectivity index (χ1v) is 3.89. The van der Waals surface area contributed by atoms with Gasteiger partial charge in [0.05, 0.1) is 0 Å². The van der Waals surface area contributed by atoms with E-state index in [1.54, 1.807) is 0 Å². The van der Waals surface area contributed by atoms with Crippen molar-refractivity contribution in [3.05, 3.63) is 11.7 Å². The van der Waals surface area contributed by atoms with Gasteiger partial charge in [-0.25, -0.2) is 0 Å². The number of carbonyl (C=O) groups is 1. The molecule has 7 heteroatoms. The Morgan fingerprint density at radius 1 is 1.36 bits per heavy atom. The third-order valence-electron chi connectivity index (χ3n) is 2.00. The van der Waals surface area contributed by atoms with Crippen LogP contribution < -0.4 is 0 Å². The van der Waals surface area contributed by atoms with E-state index >= 15 is 0 Å². The number of carbonyl (C=O) groups excluding carboxylic acids is 1. The lowest BCUT2D eigenvalue weighted by Gasteiger charge is -2.19. The SMILES string of the molecule is O=C1CC(c2noc(C(F)(F)F)n2)C1. The maximum Gasteiger partial charge on any atom is 0.471 e. The van der Waals surface area contributed by atoms with Crippen molar-refractivity contribution in [1.29, 1.82) is 0 Å². The Bertz CT molecular complexity index is 363. The van der Waals surface area contributed by atoms with Crippen LogP contribution in [0.25, 0.3) is 0 Å². The number of alkyl halides is 3. The highest BCUT2D eigenvalue weighted by molar-refractivity contribution is 5.86. The van der Waals surface area contributed by atoms with Gasteiger partial charge < -0.3 is 4.52 Å². The molecule has 4 nitrogen and oxygen atoms in total. The first-order valence-electron chi connectivity index (χ1n) is 3.89. The van der Waals surface area contributed by atoms with Crippen LogP contribution in [-0.4, -0.2) is 15.9 Å². The normalized spacial score (nSPS) is 18.4. The highest BCUT2D eigenvalue weighted by Gasteiger charge is 2.40. The largest absolute Gasteiger partial charge is 0.471 e. The number of rotatable bonds is 1. The van der Waals surface area contributed by atoms with Crippen LogP contribution in [0.1, 0.15) is 30.5 Å². The zero-order chi connectivity index (χ0) is 10.3. The Morgan fingerprint density at radius 2 is 2.00 bits per heavy atom. The van der Waals surface area contributed by atoms with E-state index in [-0.39, 0.29) is 30.4 Å². The third-order valence-corrected chi connectivity index (χ3v) is 2.00. The minimum Gasteiger partial charge on any atom is -0.329 e. The number of ketones is 1. The van der Waals surface area contributed by atoms with Crippen LogP contribution in [0.3, 0.4) is 0 Å². The zero-order valence-electron chi connectivity index (χ0n) is 6.84. The quantitative estimate of drug-likeness (QED) is 0.699. The molecule has 1 aromatic rings. The average Bonchev–Trinajstić information content (AvgIpc) is 2.45. The van der Waals surface area contributed by atoms with Gasteiger partial charge in [-0.3, -0.25) is 4.79 Å². The van der Waals surface area contributed by atoms with Gasteiger partial charge >= 0.3 is 12.1 Å². The molecule has 0 amide bonds. The van der Waals surface area contributed by atoms with Crippen LogP contribution in [-0.2, 0) is 11.0 Å². The van der Waals surface area contributed by atoms with Crippen LogP contribution in [0.4, 0.5) is 13.2 Å². The van der Waals surface area contributed by atoms with Gasteiger partial charge in [0, 0.05) is 18.8 Å². The number of hydrogen-bond acceptors (Lipinski definition) is 4. The summed E-state index contributed by atoms with van der Waals surface area (Å²) >= 11 is 0. The molecule has 2 rings (SSSR count). The van der Waals surface area contributed by atoms with E-state index in [4.69, 9.17) is 0 Å². The summed E-state index contributed by atoms with van der Waals surface area (Å²) in [5.74, 6) is -1.68. The van der Waals surface area contributed by atoms with Crippen LogP contribution in [0, 0.1) is 0 Å². The van der Waals surface area contributed by atoms with Crippen LogP contribution in [0.15, 0.2) is 4.52 Å². The molecule has 1 aliphatic carbocycles. The van der Waals surface area contributed by atoms with Crippen molar-refractivity contribution < 1.29 is 22.5 Å². The second-order valence-electron chi connectivity index (χ2n) is 3.10. The first-order chi connectivity index (χ1) is 6.47. The molecule has 76 valence electrons. The molecule has 0 radical (unpaired) electrons. The number of halogens is 3. The summed E-state index contributed by atoms with van der Waals surface area (Å²) in [4.78, 5) is 13.8. The summed E-state index contributed by atoms with van der Waals surface area (Å²) in [6, 6.07) is 0. The van der Waals surface area contributed by atoms with Gasteiger partial charge in [-0.05, 0) is 0 Å². The maximum atomic E-state index is 12.0. The molecule has 1 aliphatic rings. The molecule has 0 aliphatic heterocycles. The molecule has 1 saturated carbocycles. The second kappa shape index (κ2) is 2.79. The van der Waals surface area contributed by atoms with E-state index in [9.17, 15) is 18.0 Å². The topological polar surface area (TPSA) is 56.0 Å². The van der Waals surface area contributed by atoms with Crippen LogP contribution in [0.2, 0.25) is 0 Å². The van der Waals surface area contributed by atoms with Gasteiger partial charge in [0.2, 0.25) is 0 Å². The Kier molecular flexibility index (Phi) is 1.83. The monoisotopic (exact) mass is 206 g/mol. The van der Waals surface area contributed by atoms with E-state index in [0.29, 0.717) is 0 Å². The molecule has 0 saturated heterocycles. The summed E-state index contributed by atoms with van der Waals surface area (Å²) in [7, 11) is 0. The molecule has 0 spiro atoms. The van der Waals surface area contributed by atoms with Crippen molar-refractivity contribution >= 4 is 5.78 Å². The van der Waals surface area contributed by atoms with E-state index in [0.717, 1.165) is 0 Å². The minimum absolute atomic E-state index is 0.00774. The van der Waals surface area contributed by atoms with Crippen molar-refractivity contribution in [1.82, 2.24) is 10.1 Å².